The van der Waals surface area contributed by atoms with Crippen molar-refractivity contribution in [3.8, 4) is 0 Å². The van der Waals surface area contributed by atoms with Crippen LogP contribution in [-0.4, -0.2) is 16.4 Å². The number of nitro benzene ring substituents is 1. The molecule has 0 aliphatic heterocycles. The van der Waals surface area contributed by atoms with Crippen molar-refractivity contribution in [2.45, 2.75) is 38.5 Å². The third kappa shape index (κ3) is 3.58. The summed E-state index contributed by atoms with van der Waals surface area (Å²) in [5.74, 6) is -0.0815. The molecule has 0 saturated heterocycles. The molecule has 1 aromatic rings. The van der Waals surface area contributed by atoms with Gasteiger partial charge in [0.1, 0.15) is 0 Å². The molecule has 6 heteroatoms. The van der Waals surface area contributed by atoms with Crippen molar-refractivity contribution in [1.82, 2.24) is 0 Å². The summed E-state index contributed by atoms with van der Waals surface area (Å²) >= 11 is 0. The van der Waals surface area contributed by atoms with Crippen LogP contribution in [0.15, 0.2) is 35.4 Å². The monoisotopic (exact) mass is 377 g/mol. The van der Waals surface area contributed by atoms with Gasteiger partial charge in [-0.3, -0.25) is 14.9 Å². The van der Waals surface area contributed by atoms with E-state index in [9.17, 15) is 14.9 Å². The van der Waals surface area contributed by atoms with E-state index < -0.39 is 4.92 Å². The minimum absolute atomic E-state index is 0. The second-order valence-electron chi connectivity index (χ2n) is 6.02. The van der Waals surface area contributed by atoms with Gasteiger partial charge in [-0.05, 0) is 37.8 Å². The number of Topliss-reactive ketones (excluding diaryl/α,β-unsaturated/α-hetero) is 1. The van der Waals surface area contributed by atoms with Crippen LogP contribution in [0.2, 0.25) is 0 Å². The SMILES string of the molecule is N=C1CC2=C(CCCC2)C1CC(=O)c1ccc([N+](=O)[O-])cc1.[Br-]. The van der Waals surface area contributed by atoms with E-state index in [0.29, 0.717) is 17.7 Å². The van der Waals surface area contributed by atoms with Crippen LogP contribution in [0, 0.1) is 21.4 Å². The maximum atomic E-state index is 12.4. The van der Waals surface area contributed by atoms with Crippen LogP contribution in [0.1, 0.15) is 48.9 Å². The molecule has 1 atom stereocenters. The number of carbonyl (C=O) groups excluding carboxylic acids is 1. The predicted molar refractivity (Wildman–Crippen MR) is 83.4 cm³/mol. The van der Waals surface area contributed by atoms with Crippen molar-refractivity contribution in [3.05, 3.63) is 51.1 Å². The van der Waals surface area contributed by atoms with Crippen molar-refractivity contribution in [2.24, 2.45) is 5.92 Å². The Morgan fingerprint density at radius 1 is 1.22 bits per heavy atom. The normalized spacial score (nSPS) is 20.0. The smallest absolute Gasteiger partial charge is 0.269 e. The van der Waals surface area contributed by atoms with E-state index >= 15 is 0 Å². The molecule has 2 aliphatic rings. The van der Waals surface area contributed by atoms with Crippen molar-refractivity contribution in [1.29, 1.82) is 5.41 Å². The van der Waals surface area contributed by atoms with Crippen molar-refractivity contribution < 1.29 is 26.7 Å². The topological polar surface area (TPSA) is 84.1 Å². The number of hydrogen-bond acceptors (Lipinski definition) is 4. The number of nitro groups is 1. The summed E-state index contributed by atoms with van der Waals surface area (Å²) < 4.78 is 0. The molecule has 1 aromatic carbocycles. The summed E-state index contributed by atoms with van der Waals surface area (Å²) in [5, 5.41) is 18.8. The molecule has 0 radical (unpaired) electrons. The first-order chi connectivity index (χ1) is 10.6. The summed E-state index contributed by atoms with van der Waals surface area (Å²) in [6.45, 7) is 0. The Balaban J connectivity index is 0.00000192. The molecule has 0 spiro atoms. The molecule has 2 aliphatic carbocycles. The molecule has 5 nitrogen and oxygen atoms in total. The molecule has 1 unspecified atom stereocenters. The molecule has 23 heavy (non-hydrogen) atoms. The van der Waals surface area contributed by atoms with E-state index in [1.54, 1.807) is 0 Å². The molecule has 0 bridgehead atoms. The largest absolute Gasteiger partial charge is 1.00 e. The number of non-ortho nitro benzene ring substituents is 1. The van der Waals surface area contributed by atoms with Gasteiger partial charge in [-0.2, -0.15) is 0 Å². The predicted octanol–water partition coefficient (Wildman–Crippen LogP) is 1.08. The molecular weight excluding hydrogens is 360 g/mol. The highest BCUT2D eigenvalue weighted by atomic mass is 79.9. The fourth-order valence-electron chi connectivity index (χ4n) is 3.50. The first-order valence-corrected chi connectivity index (χ1v) is 7.62. The molecule has 3 rings (SSSR count). The minimum atomic E-state index is -0.472. The van der Waals surface area contributed by atoms with Gasteiger partial charge in [0.2, 0.25) is 0 Å². The zero-order valence-electron chi connectivity index (χ0n) is 12.7. The number of nitrogens with one attached hydrogen (secondary N) is 1. The van der Waals surface area contributed by atoms with Crippen molar-refractivity contribution in [2.75, 3.05) is 0 Å². The average molecular weight is 378 g/mol. The highest BCUT2D eigenvalue weighted by Gasteiger charge is 2.32. The molecule has 0 fully saturated rings. The fraction of sp³-hybridized carbons (Fsp3) is 0.412. The average Bonchev–Trinajstić information content (AvgIpc) is 2.83. The van der Waals surface area contributed by atoms with Gasteiger partial charge < -0.3 is 22.4 Å². The highest BCUT2D eigenvalue weighted by molar-refractivity contribution is 6.02. The lowest BCUT2D eigenvalue weighted by atomic mass is 9.86. The fourth-order valence-corrected chi connectivity index (χ4v) is 3.50. The summed E-state index contributed by atoms with van der Waals surface area (Å²) in [6, 6.07) is 5.74. The Bertz CT molecular complexity index is 680. The lowest BCUT2D eigenvalue weighted by molar-refractivity contribution is -0.384. The second kappa shape index (κ2) is 7.17. The van der Waals surface area contributed by atoms with E-state index in [1.807, 2.05) is 0 Å². The number of halogens is 1. The molecule has 0 saturated carbocycles. The first-order valence-electron chi connectivity index (χ1n) is 7.62. The summed E-state index contributed by atoms with van der Waals surface area (Å²) in [4.78, 5) is 22.6. The quantitative estimate of drug-likeness (QED) is 0.368. The third-order valence-corrected chi connectivity index (χ3v) is 4.66. The van der Waals surface area contributed by atoms with E-state index in [2.05, 4.69) is 0 Å². The number of carbonyl (C=O) groups is 1. The number of nitrogens with zero attached hydrogens (tertiary/aromatic N) is 1. The number of hydrogen-bond donors (Lipinski definition) is 1. The lowest BCUT2D eigenvalue weighted by Crippen LogP contribution is -3.00. The standard InChI is InChI=1S/C17H18N2O3.BrH/c18-16-9-12-3-1-2-4-14(12)15(16)10-17(20)11-5-7-13(8-6-11)19(21)22;/h5-8,15,18H,1-4,9-10H2;1H/p-1. The molecule has 1 N–H and O–H groups in total. The van der Waals surface area contributed by atoms with Crippen LogP contribution < -0.4 is 17.0 Å². The number of rotatable bonds is 4. The van der Waals surface area contributed by atoms with Crippen LogP contribution >= 0.6 is 0 Å². The van der Waals surface area contributed by atoms with Gasteiger partial charge >= 0.3 is 0 Å². The number of benzene rings is 1. The van der Waals surface area contributed by atoms with Crippen LogP contribution in [0.3, 0.4) is 0 Å². The van der Waals surface area contributed by atoms with Crippen LogP contribution in [-0.2, 0) is 0 Å². The Morgan fingerprint density at radius 3 is 2.52 bits per heavy atom. The van der Waals surface area contributed by atoms with E-state index in [0.717, 1.165) is 25.7 Å². The number of allylic oxidation sites excluding steroid dienone is 2. The maximum absolute atomic E-state index is 12.4. The molecule has 0 heterocycles. The summed E-state index contributed by atoms with van der Waals surface area (Å²) in [6.07, 6.45) is 5.46. The number of ketones is 1. The second-order valence-corrected chi connectivity index (χ2v) is 6.02. The Hall–Kier alpha value is -1.82. The third-order valence-electron chi connectivity index (χ3n) is 4.66. The summed E-state index contributed by atoms with van der Waals surface area (Å²) in [5.41, 5.74) is 3.82. The van der Waals surface area contributed by atoms with Crippen molar-refractivity contribution >= 4 is 17.2 Å². The molecule has 0 aromatic heterocycles. The molecular formula is C17H18BrN2O3-. The summed E-state index contributed by atoms with van der Waals surface area (Å²) in [7, 11) is 0. The van der Waals surface area contributed by atoms with E-state index in [-0.39, 0.29) is 34.4 Å². The molecule has 0 amide bonds. The van der Waals surface area contributed by atoms with Gasteiger partial charge in [0, 0.05) is 42.2 Å². The van der Waals surface area contributed by atoms with Crippen LogP contribution in [0.5, 0.6) is 0 Å². The van der Waals surface area contributed by atoms with Crippen LogP contribution in [0.25, 0.3) is 0 Å². The van der Waals surface area contributed by atoms with Gasteiger partial charge in [-0.25, -0.2) is 0 Å². The van der Waals surface area contributed by atoms with E-state index in [4.69, 9.17) is 5.41 Å². The van der Waals surface area contributed by atoms with Gasteiger partial charge in [0.25, 0.3) is 5.69 Å². The lowest BCUT2D eigenvalue weighted by Gasteiger charge is -2.18. The van der Waals surface area contributed by atoms with Crippen LogP contribution in [0.4, 0.5) is 5.69 Å². The van der Waals surface area contributed by atoms with Gasteiger partial charge in [0.15, 0.2) is 5.78 Å². The maximum Gasteiger partial charge on any atom is 0.269 e. The zero-order valence-corrected chi connectivity index (χ0v) is 14.3. The Morgan fingerprint density at radius 2 is 1.87 bits per heavy atom. The first kappa shape index (κ1) is 17.5. The highest BCUT2D eigenvalue weighted by Crippen LogP contribution is 2.41. The van der Waals surface area contributed by atoms with Gasteiger partial charge in [-0.15, -0.1) is 0 Å². The van der Waals surface area contributed by atoms with Gasteiger partial charge in [-0.1, -0.05) is 11.1 Å². The van der Waals surface area contributed by atoms with Gasteiger partial charge in [0.05, 0.1) is 4.92 Å². The zero-order chi connectivity index (χ0) is 15.7. The molecule has 122 valence electrons. The Kier molecular flexibility index (Phi) is 5.46. The van der Waals surface area contributed by atoms with Crippen molar-refractivity contribution in [3.63, 3.8) is 0 Å². The van der Waals surface area contributed by atoms with E-state index in [1.165, 1.54) is 41.8 Å². The minimum Gasteiger partial charge on any atom is -1.00 e. The Labute approximate surface area is 145 Å².